The summed E-state index contributed by atoms with van der Waals surface area (Å²) in [6.45, 7) is 1.94. The molecule has 4 nitrogen and oxygen atoms in total. The van der Waals surface area contributed by atoms with Crippen LogP contribution in [0.4, 0.5) is 0 Å². The molecule has 0 spiro atoms. The minimum atomic E-state index is 0.0897. The van der Waals surface area contributed by atoms with Crippen molar-refractivity contribution in [3.8, 4) is 0 Å². The maximum Gasteiger partial charge on any atom is 0.254 e. The van der Waals surface area contributed by atoms with Crippen LogP contribution in [0.5, 0.6) is 0 Å². The van der Waals surface area contributed by atoms with Crippen LogP contribution in [0.25, 0.3) is 0 Å². The van der Waals surface area contributed by atoms with Crippen molar-refractivity contribution in [1.82, 2.24) is 4.90 Å². The molecule has 1 unspecified atom stereocenters. The number of carbonyl (C=O) groups excluding carboxylic acids is 1. The molecule has 1 aliphatic rings. The lowest BCUT2D eigenvalue weighted by Crippen LogP contribution is -2.39. The molecule has 1 heterocycles. The van der Waals surface area contributed by atoms with Crippen molar-refractivity contribution in [3.63, 3.8) is 0 Å². The lowest BCUT2D eigenvalue weighted by atomic mass is 10.1. The fourth-order valence-corrected chi connectivity index (χ4v) is 2.42. The quantitative estimate of drug-likeness (QED) is 0.876. The van der Waals surface area contributed by atoms with Crippen LogP contribution in [0.1, 0.15) is 28.8 Å². The third-order valence-corrected chi connectivity index (χ3v) is 3.42. The summed E-state index contributed by atoms with van der Waals surface area (Å²) in [6.07, 6.45) is 2.07. The molecule has 0 radical (unpaired) electrons. The topological polar surface area (TPSA) is 55.6 Å². The van der Waals surface area contributed by atoms with Crippen LogP contribution in [0, 0.1) is 0 Å². The van der Waals surface area contributed by atoms with Gasteiger partial charge in [0, 0.05) is 31.8 Å². The van der Waals surface area contributed by atoms with E-state index in [-0.39, 0.29) is 11.9 Å². The van der Waals surface area contributed by atoms with Crippen LogP contribution in [-0.2, 0) is 11.3 Å². The number of methoxy groups -OCH3 is 1. The van der Waals surface area contributed by atoms with Crippen molar-refractivity contribution in [2.75, 3.05) is 20.2 Å². The van der Waals surface area contributed by atoms with Gasteiger partial charge in [-0.2, -0.15) is 0 Å². The first-order valence-electron chi connectivity index (χ1n) is 6.35. The third kappa shape index (κ3) is 2.71. The number of rotatable bonds is 4. The number of nitrogens with zero attached hydrogens (tertiary/aromatic N) is 1. The number of likely N-dealkylation sites (tertiary alicyclic amines) is 1. The Bertz CT molecular complexity index is 403. The maximum absolute atomic E-state index is 12.3. The van der Waals surface area contributed by atoms with E-state index in [1.807, 2.05) is 29.2 Å². The molecule has 1 amide bonds. The molecular weight excluding hydrogens is 228 g/mol. The van der Waals surface area contributed by atoms with Crippen molar-refractivity contribution in [1.29, 1.82) is 0 Å². The molecule has 1 saturated heterocycles. The fraction of sp³-hybridized carbons (Fsp3) is 0.500. The highest BCUT2D eigenvalue weighted by Crippen LogP contribution is 2.19. The SMILES string of the molecule is COCc1ccc(C(=O)N2CCCC2CN)cc1. The number of nitrogens with two attached hydrogens (primary N) is 1. The molecule has 0 aromatic heterocycles. The molecular formula is C14H20N2O2. The Morgan fingerprint density at radius 2 is 2.17 bits per heavy atom. The molecule has 2 N–H and O–H groups in total. The highest BCUT2D eigenvalue weighted by atomic mass is 16.5. The first-order valence-corrected chi connectivity index (χ1v) is 6.35. The number of hydrogen-bond acceptors (Lipinski definition) is 3. The van der Waals surface area contributed by atoms with Crippen molar-refractivity contribution in [3.05, 3.63) is 35.4 Å². The zero-order valence-corrected chi connectivity index (χ0v) is 10.8. The van der Waals surface area contributed by atoms with Gasteiger partial charge in [-0.1, -0.05) is 12.1 Å². The predicted octanol–water partition coefficient (Wildman–Crippen LogP) is 1.40. The minimum absolute atomic E-state index is 0.0897. The predicted molar refractivity (Wildman–Crippen MR) is 70.3 cm³/mol. The van der Waals surface area contributed by atoms with E-state index in [0.29, 0.717) is 13.2 Å². The normalized spacial score (nSPS) is 19.2. The van der Waals surface area contributed by atoms with Crippen molar-refractivity contribution in [2.45, 2.75) is 25.5 Å². The van der Waals surface area contributed by atoms with Gasteiger partial charge in [-0.3, -0.25) is 4.79 Å². The third-order valence-electron chi connectivity index (χ3n) is 3.42. The summed E-state index contributed by atoms with van der Waals surface area (Å²) in [5, 5.41) is 0. The van der Waals surface area contributed by atoms with E-state index in [9.17, 15) is 4.79 Å². The number of benzene rings is 1. The number of amides is 1. The zero-order chi connectivity index (χ0) is 13.0. The first kappa shape index (κ1) is 13.1. The van der Waals surface area contributed by atoms with Gasteiger partial charge >= 0.3 is 0 Å². The molecule has 1 fully saturated rings. The molecule has 98 valence electrons. The van der Waals surface area contributed by atoms with Crippen LogP contribution < -0.4 is 5.73 Å². The Kier molecular flexibility index (Phi) is 4.33. The van der Waals surface area contributed by atoms with E-state index in [1.54, 1.807) is 7.11 Å². The molecule has 18 heavy (non-hydrogen) atoms. The lowest BCUT2D eigenvalue weighted by molar-refractivity contribution is 0.0741. The van der Waals surface area contributed by atoms with Gasteiger partial charge in [-0.15, -0.1) is 0 Å². The van der Waals surface area contributed by atoms with Crippen LogP contribution in [0.3, 0.4) is 0 Å². The van der Waals surface area contributed by atoms with E-state index >= 15 is 0 Å². The summed E-state index contributed by atoms with van der Waals surface area (Å²) in [5.41, 5.74) is 7.50. The standard InChI is InChI=1S/C14H20N2O2/c1-18-10-11-4-6-12(7-5-11)14(17)16-8-2-3-13(16)9-15/h4-7,13H,2-3,8-10,15H2,1H3. The molecule has 1 aromatic rings. The second-order valence-corrected chi connectivity index (χ2v) is 4.66. The summed E-state index contributed by atoms with van der Waals surface area (Å²) < 4.78 is 5.05. The molecule has 1 atom stereocenters. The maximum atomic E-state index is 12.3. The van der Waals surface area contributed by atoms with E-state index in [1.165, 1.54) is 0 Å². The van der Waals surface area contributed by atoms with Crippen molar-refractivity contribution < 1.29 is 9.53 Å². The molecule has 1 aliphatic heterocycles. The van der Waals surface area contributed by atoms with E-state index < -0.39 is 0 Å². The van der Waals surface area contributed by atoms with E-state index in [2.05, 4.69) is 0 Å². The highest BCUT2D eigenvalue weighted by molar-refractivity contribution is 5.94. The van der Waals surface area contributed by atoms with Crippen LogP contribution in [0.15, 0.2) is 24.3 Å². The number of hydrogen-bond donors (Lipinski definition) is 1. The smallest absolute Gasteiger partial charge is 0.254 e. The summed E-state index contributed by atoms with van der Waals surface area (Å²) >= 11 is 0. The average molecular weight is 248 g/mol. The van der Waals surface area contributed by atoms with Gasteiger partial charge in [0.1, 0.15) is 0 Å². The Morgan fingerprint density at radius 1 is 1.44 bits per heavy atom. The second kappa shape index (κ2) is 5.98. The van der Waals surface area contributed by atoms with Crippen molar-refractivity contribution in [2.24, 2.45) is 5.73 Å². The van der Waals surface area contributed by atoms with Gasteiger partial charge in [0.2, 0.25) is 0 Å². The number of ether oxygens (including phenoxy) is 1. The second-order valence-electron chi connectivity index (χ2n) is 4.66. The molecule has 2 rings (SSSR count). The van der Waals surface area contributed by atoms with E-state index in [0.717, 1.165) is 30.5 Å². The Balaban J connectivity index is 2.08. The molecule has 0 saturated carbocycles. The van der Waals surface area contributed by atoms with Gasteiger partial charge in [0.05, 0.1) is 6.61 Å². The van der Waals surface area contributed by atoms with Gasteiger partial charge < -0.3 is 15.4 Å². The Labute approximate surface area is 108 Å². The summed E-state index contributed by atoms with van der Waals surface area (Å²) in [6, 6.07) is 7.80. The fourth-order valence-electron chi connectivity index (χ4n) is 2.42. The molecule has 0 aliphatic carbocycles. The largest absolute Gasteiger partial charge is 0.380 e. The Morgan fingerprint density at radius 3 is 2.78 bits per heavy atom. The average Bonchev–Trinajstić information content (AvgIpc) is 2.87. The monoisotopic (exact) mass is 248 g/mol. The van der Waals surface area contributed by atoms with Gasteiger partial charge in [-0.25, -0.2) is 0 Å². The van der Waals surface area contributed by atoms with Crippen LogP contribution in [-0.4, -0.2) is 37.0 Å². The molecule has 4 heteroatoms. The number of carbonyl (C=O) groups is 1. The lowest BCUT2D eigenvalue weighted by Gasteiger charge is -2.23. The summed E-state index contributed by atoms with van der Waals surface area (Å²) in [5.74, 6) is 0.0897. The van der Waals surface area contributed by atoms with Crippen molar-refractivity contribution >= 4 is 5.91 Å². The van der Waals surface area contributed by atoms with Gasteiger partial charge in [-0.05, 0) is 30.5 Å². The highest BCUT2D eigenvalue weighted by Gasteiger charge is 2.28. The Hall–Kier alpha value is -1.39. The van der Waals surface area contributed by atoms with Crippen LogP contribution >= 0.6 is 0 Å². The zero-order valence-electron chi connectivity index (χ0n) is 10.8. The summed E-state index contributed by atoms with van der Waals surface area (Å²) in [4.78, 5) is 14.2. The molecule has 1 aromatic carbocycles. The minimum Gasteiger partial charge on any atom is -0.380 e. The van der Waals surface area contributed by atoms with Crippen LogP contribution in [0.2, 0.25) is 0 Å². The van der Waals surface area contributed by atoms with Gasteiger partial charge in [0.25, 0.3) is 5.91 Å². The summed E-state index contributed by atoms with van der Waals surface area (Å²) in [7, 11) is 1.66. The van der Waals surface area contributed by atoms with Gasteiger partial charge in [0.15, 0.2) is 0 Å². The first-order chi connectivity index (χ1) is 8.76. The molecule has 0 bridgehead atoms. The van der Waals surface area contributed by atoms with E-state index in [4.69, 9.17) is 10.5 Å².